The van der Waals surface area contributed by atoms with Gasteiger partial charge in [-0.15, -0.1) is 0 Å². The molecule has 114 valence electrons. The molecule has 0 spiro atoms. The lowest BCUT2D eigenvalue weighted by atomic mass is 10.0. The van der Waals surface area contributed by atoms with Gasteiger partial charge < -0.3 is 26.6 Å². The van der Waals surface area contributed by atoms with Crippen LogP contribution in [0.2, 0.25) is 0 Å². The highest BCUT2D eigenvalue weighted by Gasteiger charge is 2.15. The van der Waals surface area contributed by atoms with E-state index in [1.54, 1.807) is 11.3 Å². The predicted octanol–water partition coefficient (Wildman–Crippen LogP) is 1.25. The Bertz CT molecular complexity index is 580. The van der Waals surface area contributed by atoms with Gasteiger partial charge in [0, 0.05) is 36.6 Å². The fourth-order valence-corrected chi connectivity index (χ4v) is 3.23. The maximum absolute atomic E-state index is 9.24. The van der Waals surface area contributed by atoms with Gasteiger partial charge in [0.1, 0.15) is 0 Å². The smallest absolute Gasteiger partial charge is 0.0606 e. The SMILES string of the molecule is NCc1cscc1-c1cc(N)ccc1N(CCO)CCO. The summed E-state index contributed by atoms with van der Waals surface area (Å²) in [6.45, 7) is 1.43. The van der Waals surface area contributed by atoms with E-state index >= 15 is 0 Å². The van der Waals surface area contributed by atoms with Crippen LogP contribution < -0.4 is 16.4 Å². The molecule has 0 amide bonds. The number of aliphatic hydroxyl groups is 2. The van der Waals surface area contributed by atoms with Gasteiger partial charge in [0.05, 0.1) is 13.2 Å². The maximum Gasteiger partial charge on any atom is 0.0606 e. The Labute approximate surface area is 128 Å². The molecule has 0 fully saturated rings. The van der Waals surface area contributed by atoms with E-state index in [0.29, 0.717) is 25.3 Å². The van der Waals surface area contributed by atoms with Crippen molar-refractivity contribution < 1.29 is 10.2 Å². The summed E-state index contributed by atoms with van der Waals surface area (Å²) in [6, 6.07) is 5.67. The first kappa shape index (κ1) is 15.8. The number of nitrogens with two attached hydrogens (primary N) is 2. The van der Waals surface area contributed by atoms with E-state index in [1.165, 1.54) is 0 Å². The molecule has 0 saturated heterocycles. The number of nitrogens with zero attached hydrogens (tertiary/aromatic N) is 1. The van der Waals surface area contributed by atoms with Gasteiger partial charge in [-0.2, -0.15) is 11.3 Å². The molecule has 0 radical (unpaired) electrons. The molecule has 6 N–H and O–H groups in total. The summed E-state index contributed by atoms with van der Waals surface area (Å²) in [5, 5.41) is 22.6. The molecule has 0 bridgehead atoms. The van der Waals surface area contributed by atoms with Gasteiger partial charge >= 0.3 is 0 Å². The fraction of sp³-hybridized carbons (Fsp3) is 0.333. The number of aliphatic hydroxyl groups excluding tert-OH is 2. The van der Waals surface area contributed by atoms with E-state index < -0.39 is 0 Å². The lowest BCUT2D eigenvalue weighted by Crippen LogP contribution is -2.30. The number of hydrogen-bond donors (Lipinski definition) is 4. The van der Waals surface area contributed by atoms with Crippen molar-refractivity contribution in [3.05, 3.63) is 34.5 Å². The minimum atomic E-state index is 0.0250. The molecule has 0 atom stereocenters. The minimum Gasteiger partial charge on any atom is -0.399 e. The Kier molecular flexibility index (Phi) is 5.58. The third kappa shape index (κ3) is 3.54. The monoisotopic (exact) mass is 307 g/mol. The Morgan fingerprint density at radius 3 is 2.38 bits per heavy atom. The lowest BCUT2D eigenvalue weighted by Gasteiger charge is -2.26. The van der Waals surface area contributed by atoms with Crippen molar-refractivity contribution in [3.63, 3.8) is 0 Å². The van der Waals surface area contributed by atoms with Crippen LogP contribution in [0.15, 0.2) is 29.0 Å². The molecule has 0 saturated carbocycles. The Balaban J connectivity index is 2.51. The van der Waals surface area contributed by atoms with Gasteiger partial charge in [0.25, 0.3) is 0 Å². The molecule has 1 aromatic carbocycles. The van der Waals surface area contributed by atoms with Crippen molar-refractivity contribution in [3.8, 4) is 11.1 Å². The first-order chi connectivity index (χ1) is 10.2. The zero-order valence-corrected chi connectivity index (χ0v) is 12.6. The highest BCUT2D eigenvalue weighted by Crippen LogP contribution is 2.36. The first-order valence-corrected chi connectivity index (χ1v) is 7.77. The van der Waals surface area contributed by atoms with Crippen LogP contribution in [-0.4, -0.2) is 36.5 Å². The van der Waals surface area contributed by atoms with Crippen LogP contribution in [0.4, 0.5) is 11.4 Å². The normalized spacial score (nSPS) is 10.8. The third-order valence-corrected chi connectivity index (χ3v) is 4.15. The van der Waals surface area contributed by atoms with Gasteiger partial charge in [-0.1, -0.05) is 0 Å². The zero-order valence-electron chi connectivity index (χ0n) is 11.8. The quantitative estimate of drug-likeness (QED) is 0.577. The molecule has 0 aliphatic heterocycles. The Morgan fingerprint density at radius 1 is 1.05 bits per heavy atom. The van der Waals surface area contributed by atoms with Gasteiger partial charge in [0.15, 0.2) is 0 Å². The van der Waals surface area contributed by atoms with E-state index in [-0.39, 0.29) is 13.2 Å². The number of thiophene rings is 1. The molecule has 5 nitrogen and oxygen atoms in total. The molecular formula is C15H21N3O2S. The van der Waals surface area contributed by atoms with Crippen molar-refractivity contribution in [1.29, 1.82) is 0 Å². The van der Waals surface area contributed by atoms with Gasteiger partial charge in [-0.25, -0.2) is 0 Å². The highest BCUT2D eigenvalue weighted by molar-refractivity contribution is 7.08. The van der Waals surface area contributed by atoms with Crippen LogP contribution in [0, 0.1) is 0 Å². The molecule has 1 aromatic heterocycles. The second-order valence-electron chi connectivity index (χ2n) is 4.73. The van der Waals surface area contributed by atoms with Crippen LogP contribution in [0.25, 0.3) is 11.1 Å². The molecule has 21 heavy (non-hydrogen) atoms. The summed E-state index contributed by atoms with van der Waals surface area (Å²) >= 11 is 1.60. The number of hydrogen-bond acceptors (Lipinski definition) is 6. The van der Waals surface area contributed by atoms with Gasteiger partial charge in [-0.05, 0) is 40.1 Å². The molecule has 0 aliphatic rings. The fourth-order valence-electron chi connectivity index (χ4n) is 2.36. The zero-order chi connectivity index (χ0) is 15.2. The molecular weight excluding hydrogens is 286 g/mol. The largest absolute Gasteiger partial charge is 0.399 e. The van der Waals surface area contributed by atoms with Crippen LogP contribution >= 0.6 is 11.3 Å². The van der Waals surface area contributed by atoms with Crippen LogP contribution in [-0.2, 0) is 6.54 Å². The average Bonchev–Trinajstić information content (AvgIpc) is 2.95. The van der Waals surface area contributed by atoms with Crippen LogP contribution in [0.5, 0.6) is 0 Å². The van der Waals surface area contributed by atoms with E-state index in [9.17, 15) is 10.2 Å². The van der Waals surface area contributed by atoms with Crippen molar-refractivity contribution in [2.75, 3.05) is 36.9 Å². The van der Waals surface area contributed by atoms with Crippen LogP contribution in [0.1, 0.15) is 5.56 Å². The predicted molar refractivity (Wildman–Crippen MR) is 88.4 cm³/mol. The van der Waals surface area contributed by atoms with E-state index in [0.717, 1.165) is 22.4 Å². The minimum absolute atomic E-state index is 0.0250. The third-order valence-electron chi connectivity index (χ3n) is 3.35. The molecule has 6 heteroatoms. The van der Waals surface area contributed by atoms with Crippen molar-refractivity contribution in [1.82, 2.24) is 0 Å². The Morgan fingerprint density at radius 2 is 1.76 bits per heavy atom. The lowest BCUT2D eigenvalue weighted by molar-refractivity contribution is 0.281. The second-order valence-corrected chi connectivity index (χ2v) is 5.47. The van der Waals surface area contributed by atoms with E-state index in [4.69, 9.17) is 11.5 Å². The van der Waals surface area contributed by atoms with Gasteiger partial charge in [0.2, 0.25) is 0 Å². The molecule has 2 rings (SSSR count). The summed E-state index contributed by atoms with van der Waals surface area (Å²) in [5.74, 6) is 0. The molecule has 0 aliphatic carbocycles. The number of nitrogen functional groups attached to an aromatic ring is 1. The van der Waals surface area contributed by atoms with Crippen molar-refractivity contribution in [2.45, 2.75) is 6.54 Å². The molecule has 2 aromatic rings. The number of rotatable bonds is 7. The second kappa shape index (κ2) is 7.42. The molecule has 1 heterocycles. The van der Waals surface area contributed by atoms with E-state index in [2.05, 4.69) is 5.38 Å². The topological polar surface area (TPSA) is 95.7 Å². The Hall–Kier alpha value is -1.60. The standard InChI is InChI=1S/C15H21N3O2S/c16-8-11-9-21-10-14(11)13-7-12(17)1-2-15(13)18(3-5-19)4-6-20/h1-2,7,9-10,19-20H,3-6,8,16-17H2. The number of anilines is 2. The summed E-state index contributed by atoms with van der Waals surface area (Å²) in [4.78, 5) is 1.95. The average molecular weight is 307 g/mol. The highest BCUT2D eigenvalue weighted by atomic mass is 32.1. The van der Waals surface area contributed by atoms with Crippen molar-refractivity contribution >= 4 is 22.7 Å². The van der Waals surface area contributed by atoms with Crippen LogP contribution in [0.3, 0.4) is 0 Å². The van der Waals surface area contributed by atoms with Crippen molar-refractivity contribution in [2.24, 2.45) is 5.73 Å². The van der Waals surface area contributed by atoms with Gasteiger partial charge in [-0.3, -0.25) is 0 Å². The summed E-state index contributed by atoms with van der Waals surface area (Å²) < 4.78 is 0. The first-order valence-electron chi connectivity index (χ1n) is 6.83. The molecule has 0 unspecified atom stereocenters. The summed E-state index contributed by atoms with van der Waals surface area (Å²) in [5.41, 5.74) is 16.5. The maximum atomic E-state index is 9.24. The van der Waals surface area contributed by atoms with E-state index in [1.807, 2.05) is 28.5 Å². The summed E-state index contributed by atoms with van der Waals surface area (Å²) in [6.07, 6.45) is 0. The summed E-state index contributed by atoms with van der Waals surface area (Å²) in [7, 11) is 0. The number of benzene rings is 1.